The Hall–Kier alpha value is -1.36. The third-order valence-electron chi connectivity index (χ3n) is 2.58. The molecule has 18 heavy (non-hydrogen) atoms. The predicted octanol–water partition coefficient (Wildman–Crippen LogP) is 1.34. The first-order valence-electron chi connectivity index (χ1n) is 5.99. The van der Waals surface area contributed by atoms with Gasteiger partial charge in [0.2, 0.25) is 0 Å². The topological polar surface area (TPSA) is 59.1 Å². The van der Waals surface area contributed by atoms with Crippen LogP contribution >= 0.6 is 0 Å². The minimum atomic E-state index is -0.577. The lowest BCUT2D eigenvalue weighted by molar-refractivity contribution is -0.160. The Morgan fingerprint density at radius 1 is 1.44 bits per heavy atom. The quantitative estimate of drug-likeness (QED) is 0.322. The van der Waals surface area contributed by atoms with E-state index in [0.29, 0.717) is 6.54 Å². The number of rotatable bonds is 5. The Labute approximate surface area is 108 Å². The van der Waals surface area contributed by atoms with Crippen LogP contribution in [0.2, 0.25) is 0 Å². The van der Waals surface area contributed by atoms with Gasteiger partial charge in [-0.05, 0) is 27.7 Å². The Kier molecular flexibility index (Phi) is 4.51. The van der Waals surface area contributed by atoms with Gasteiger partial charge in [-0.2, -0.15) is 0 Å². The van der Waals surface area contributed by atoms with Crippen molar-refractivity contribution in [3.05, 3.63) is 12.7 Å². The Balaban J connectivity index is 2.50. The van der Waals surface area contributed by atoms with E-state index in [-0.39, 0.29) is 24.7 Å². The summed E-state index contributed by atoms with van der Waals surface area (Å²) < 4.78 is 10.2. The fourth-order valence-corrected chi connectivity index (χ4v) is 1.34. The van der Waals surface area contributed by atoms with Gasteiger partial charge < -0.3 is 14.4 Å². The number of epoxide rings is 1. The molecule has 0 aliphatic carbocycles. The van der Waals surface area contributed by atoms with Crippen LogP contribution in [0.3, 0.4) is 0 Å². The van der Waals surface area contributed by atoms with E-state index in [1.807, 2.05) is 6.92 Å². The van der Waals surface area contributed by atoms with Crippen molar-refractivity contribution < 1.29 is 19.1 Å². The van der Waals surface area contributed by atoms with Crippen molar-refractivity contribution in [2.24, 2.45) is 5.41 Å². The molecule has 102 valence electrons. The first kappa shape index (κ1) is 14.7. The number of hydrogen-bond acceptors (Lipinski definition) is 4. The fraction of sp³-hybridized carbons (Fsp3) is 0.692. The van der Waals surface area contributed by atoms with Crippen LogP contribution in [0.15, 0.2) is 12.7 Å². The highest BCUT2D eigenvalue weighted by Gasteiger charge is 2.43. The molecular formula is C13H21NO4. The Bertz CT molecular complexity index is 345. The summed E-state index contributed by atoms with van der Waals surface area (Å²) in [6.07, 6.45) is 1.14. The van der Waals surface area contributed by atoms with Crippen LogP contribution in [0, 0.1) is 5.41 Å². The minimum Gasteiger partial charge on any atom is -0.444 e. The van der Waals surface area contributed by atoms with Crippen molar-refractivity contribution >= 4 is 11.9 Å². The molecule has 2 atom stereocenters. The summed E-state index contributed by atoms with van der Waals surface area (Å²) in [4.78, 5) is 25.0. The van der Waals surface area contributed by atoms with E-state index in [1.165, 1.54) is 4.90 Å². The standard InChI is InChI=1S/C13H21NO4/c1-6-7-14(11(15)10-9(2)18-10)8-17-12(16)13(3,4)5/h6,9-10H,1,7-8H2,2-5H3/t9-,10-/m1/s1. The maximum absolute atomic E-state index is 11.9. The van der Waals surface area contributed by atoms with Crippen molar-refractivity contribution in [1.82, 2.24) is 4.90 Å². The Morgan fingerprint density at radius 2 is 2.00 bits per heavy atom. The molecule has 0 aromatic carbocycles. The van der Waals surface area contributed by atoms with Gasteiger partial charge in [0.05, 0.1) is 11.5 Å². The second-order valence-electron chi connectivity index (χ2n) is 5.42. The van der Waals surface area contributed by atoms with Gasteiger partial charge in [0, 0.05) is 6.54 Å². The molecule has 1 heterocycles. The van der Waals surface area contributed by atoms with Crippen LogP contribution < -0.4 is 0 Å². The first-order valence-corrected chi connectivity index (χ1v) is 5.99. The largest absolute Gasteiger partial charge is 0.444 e. The van der Waals surface area contributed by atoms with Gasteiger partial charge in [0.1, 0.15) is 0 Å². The van der Waals surface area contributed by atoms with E-state index >= 15 is 0 Å². The number of carbonyl (C=O) groups is 2. The Morgan fingerprint density at radius 3 is 2.39 bits per heavy atom. The molecule has 1 amide bonds. The lowest BCUT2D eigenvalue weighted by Gasteiger charge is -2.23. The van der Waals surface area contributed by atoms with E-state index in [4.69, 9.17) is 9.47 Å². The molecule has 5 nitrogen and oxygen atoms in total. The van der Waals surface area contributed by atoms with E-state index in [9.17, 15) is 9.59 Å². The van der Waals surface area contributed by atoms with Crippen molar-refractivity contribution in [2.45, 2.75) is 39.9 Å². The molecule has 0 spiro atoms. The van der Waals surface area contributed by atoms with Crippen molar-refractivity contribution in [3.63, 3.8) is 0 Å². The lowest BCUT2D eigenvalue weighted by atomic mass is 9.98. The average Bonchev–Trinajstić information content (AvgIpc) is 2.98. The second-order valence-corrected chi connectivity index (χ2v) is 5.42. The number of hydrogen-bond donors (Lipinski definition) is 0. The fourth-order valence-electron chi connectivity index (χ4n) is 1.34. The molecule has 1 fully saturated rings. The summed E-state index contributed by atoms with van der Waals surface area (Å²) >= 11 is 0. The number of carbonyl (C=O) groups excluding carboxylic acids is 2. The third-order valence-corrected chi connectivity index (χ3v) is 2.58. The summed E-state index contributed by atoms with van der Waals surface area (Å²) in [7, 11) is 0. The highest BCUT2D eigenvalue weighted by atomic mass is 16.6. The van der Waals surface area contributed by atoms with Crippen LogP contribution in [0.5, 0.6) is 0 Å². The van der Waals surface area contributed by atoms with Crippen LogP contribution in [0.25, 0.3) is 0 Å². The molecule has 0 bridgehead atoms. The summed E-state index contributed by atoms with van der Waals surface area (Å²) in [5.74, 6) is -0.502. The number of esters is 1. The zero-order chi connectivity index (χ0) is 13.9. The lowest BCUT2D eigenvalue weighted by Crippen LogP contribution is -2.39. The highest BCUT2D eigenvalue weighted by molar-refractivity contribution is 5.84. The van der Waals surface area contributed by atoms with E-state index in [1.54, 1.807) is 26.8 Å². The second kappa shape index (κ2) is 5.52. The zero-order valence-electron chi connectivity index (χ0n) is 11.4. The van der Waals surface area contributed by atoms with E-state index in [2.05, 4.69) is 6.58 Å². The molecule has 0 N–H and O–H groups in total. The molecular weight excluding hydrogens is 234 g/mol. The average molecular weight is 255 g/mol. The normalized spacial score (nSPS) is 22.2. The SMILES string of the molecule is C=CCN(COC(=O)C(C)(C)C)C(=O)[C@@H]1O[C@@H]1C. The molecule has 1 aliphatic rings. The van der Waals surface area contributed by atoms with Crippen LogP contribution in [-0.4, -0.2) is 42.3 Å². The number of ether oxygens (including phenoxy) is 2. The van der Waals surface area contributed by atoms with E-state index in [0.717, 1.165) is 0 Å². The van der Waals surface area contributed by atoms with Gasteiger partial charge in [-0.15, -0.1) is 6.58 Å². The van der Waals surface area contributed by atoms with Gasteiger partial charge in [-0.25, -0.2) is 0 Å². The van der Waals surface area contributed by atoms with Crippen molar-refractivity contribution in [2.75, 3.05) is 13.3 Å². The number of amides is 1. The van der Waals surface area contributed by atoms with Crippen LogP contribution in [0.4, 0.5) is 0 Å². The molecule has 0 radical (unpaired) electrons. The van der Waals surface area contributed by atoms with Gasteiger partial charge >= 0.3 is 5.97 Å². The molecule has 0 aromatic heterocycles. The van der Waals surface area contributed by atoms with Gasteiger partial charge in [-0.1, -0.05) is 6.08 Å². The maximum atomic E-state index is 11.9. The molecule has 0 aromatic rings. The van der Waals surface area contributed by atoms with Gasteiger partial charge in [-0.3, -0.25) is 9.59 Å². The maximum Gasteiger partial charge on any atom is 0.312 e. The zero-order valence-corrected chi connectivity index (χ0v) is 11.4. The highest BCUT2D eigenvalue weighted by Crippen LogP contribution is 2.23. The van der Waals surface area contributed by atoms with E-state index < -0.39 is 11.5 Å². The summed E-state index contributed by atoms with van der Waals surface area (Å²) in [6.45, 7) is 11.0. The molecule has 1 saturated heterocycles. The van der Waals surface area contributed by atoms with Gasteiger partial charge in [0.15, 0.2) is 12.8 Å². The molecule has 1 aliphatic heterocycles. The first-order chi connectivity index (χ1) is 8.27. The molecule has 1 rings (SSSR count). The third kappa shape index (κ3) is 3.84. The summed E-state index contributed by atoms with van der Waals surface area (Å²) in [6, 6.07) is 0. The summed E-state index contributed by atoms with van der Waals surface area (Å²) in [5.41, 5.74) is -0.577. The predicted molar refractivity (Wildman–Crippen MR) is 66.7 cm³/mol. The minimum absolute atomic E-state index is 0.0527. The van der Waals surface area contributed by atoms with Crippen LogP contribution in [0.1, 0.15) is 27.7 Å². The molecule has 0 unspecified atom stereocenters. The van der Waals surface area contributed by atoms with Crippen molar-refractivity contribution in [1.29, 1.82) is 0 Å². The smallest absolute Gasteiger partial charge is 0.312 e. The van der Waals surface area contributed by atoms with Crippen LogP contribution in [-0.2, 0) is 19.1 Å². The number of nitrogens with zero attached hydrogens (tertiary/aromatic N) is 1. The summed E-state index contributed by atoms with van der Waals surface area (Å²) in [5, 5.41) is 0. The van der Waals surface area contributed by atoms with Crippen molar-refractivity contribution in [3.8, 4) is 0 Å². The van der Waals surface area contributed by atoms with Gasteiger partial charge in [0.25, 0.3) is 5.91 Å². The molecule has 5 heteroatoms. The molecule has 0 saturated carbocycles. The monoisotopic (exact) mass is 255 g/mol.